The van der Waals surface area contributed by atoms with Gasteiger partial charge in [0, 0.05) is 18.7 Å². The molecule has 0 spiro atoms. The van der Waals surface area contributed by atoms with Gasteiger partial charge in [0.15, 0.2) is 0 Å². The number of halogens is 1. The zero-order chi connectivity index (χ0) is 17.6. The molecular weight excluding hydrogens is 358 g/mol. The maximum Gasteiger partial charge on any atom is 0.131 e. The fourth-order valence-electron chi connectivity index (χ4n) is 2.58. The molecule has 3 aromatic heterocycles. The lowest BCUT2D eigenvalue weighted by Crippen LogP contribution is -2.30. The largest absolute Gasteiger partial charge is 0.467 e. The molecular formula is C18H22ClN3O2S. The Labute approximate surface area is 156 Å². The van der Waals surface area contributed by atoms with Crippen LogP contribution < -0.4 is 11.1 Å². The van der Waals surface area contributed by atoms with E-state index >= 15 is 0 Å². The van der Waals surface area contributed by atoms with Crippen LogP contribution in [0.1, 0.15) is 24.2 Å². The highest BCUT2D eigenvalue weighted by Gasteiger charge is 2.09. The summed E-state index contributed by atoms with van der Waals surface area (Å²) < 4.78 is 11.5. The molecule has 134 valence electrons. The van der Waals surface area contributed by atoms with Gasteiger partial charge in [-0.2, -0.15) is 0 Å². The highest BCUT2D eigenvalue weighted by molar-refractivity contribution is 7.18. The van der Waals surface area contributed by atoms with Crippen molar-refractivity contribution in [3.63, 3.8) is 0 Å². The molecule has 0 bridgehead atoms. The Hall–Kier alpha value is -1.60. The van der Waals surface area contributed by atoms with Crippen LogP contribution >= 0.6 is 22.9 Å². The van der Waals surface area contributed by atoms with Gasteiger partial charge in [0.1, 0.15) is 10.9 Å². The number of ether oxygens (including phenoxy) is 1. The summed E-state index contributed by atoms with van der Waals surface area (Å²) in [4.78, 5) is 4.35. The SMILES string of the molecule is Cc1csc2c(NCc3ccco3)cc(Cl)nc12.NC1CCCOC1. The molecule has 0 saturated carbocycles. The number of nitrogens with one attached hydrogen (secondary N) is 1. The number of aromatic nitrogens is 1. The van der Waals surface area contributed by atoms with Crippen molar-refractivity contribution in [1.82, 2.24) is 4.98 Å². The molecule has 1 unspecified atom stereocenters. The van der Waals surface area contributed by atoms with Crippen molar-refractivity contribution in [3.8, 4) is 0 Å². The van der Waals surface area contributed by atoms with Gasteiger partial charge in [-0.05, 0) is 42.8 Å². The van der Waals surface area contributed by atoms with Crippen LogP contribution in [-0.2, 0) is 11.3 Å². The second-order valence-electron chi connectivity index (χ2n) is 6.00. The molecule has 1 fully saturated rings. The number of anilines is 1. The number of hydrogen-bond acceptors (Lipinski definition) is 6. The highest BCUT2D eigenvalue weighted by Crippen LogP contribution is 2.32. The summed E-state index contributed by atoms with van der Waals surface area (Å²) >= 11 is 7.72. The second-order valence-corrected chi connectivity index (χ2v) is 7.27. The van der Waals surface area contributed by atoms with Crippen molar-refractivity contribution in [2.45, 2.75) is 32.4 Å². The molecule has 0 amide bonds. The maximum atomic E-state index is 6.04. The van der Waals surface area contributed by atoms with Crippen molar-refractivity contribution in [1.29, 1.82) is 0 Å². The Balaban J connectivity index is 0.000000219. The first-order valence-corrected chi connectivity index (χ1v) is 9.53. The molecule has 3 N–H and O–H groups in total. The van der Waals surface area contributed by atoms with Gasteiger partial charge in [0.2, 0.25) is 0 Å². The predicted molar refractivity (Wildman–Crippen MR) is 103 cm³/mol. The number of hydrogen-bond donors (Lipinski definition) is 2. The summed E-state index contributed by atoms with van der Waals surface area (Å²) in [7, 11) is 0. The second kappa shape index (κ2) is 8.67. The summed E-state index contributed by atoms with van der Waals surface area (Å²) in [5.74, 6) is 0.893. The molecule has 1 saturated heterocycles. The third kappa shape index (κ3) is 4.95. The Bertz CT molecular complexity index is 798. The molecule has 3 aromatic rings. The zero-order valence-electron chi connectivity index (χ0n) is 14.1. The molecule has 0 aromatic carbocycles. The molecule has 0 radical (unpaired) electrons. The van der Waals surface area contributed by atoms with E-state index in [0.717, 1.165) is 53.3 Å². The van der Waals surface area contributed by atoms with E-state index in [2.05, 4.69) is 15.7 Å². The summed E-state index contributed by atoms with van der Waals surface area (Å²) in [6.45, 7) is 4.35. The van der Waals surface area contributed by atoms with Crippen molar-refractivity contribution in [2.24, 2.45) is 5.73 Å². The van der Waals surface area contributed by atoms with E-state index in [1.807, 2.05) is 25.1 Å². The van der Waals surface area contributed by atoms with Crippen LogP contribution in [0.25, 0.3) is 10.2 Å². The summed E-state index contributed by atoms with van der Waals surface area (Å²) in [6, 6.07) is 5.98. The van der Waals surface area contributed by atoms with Crippen LogP contribution in [0.2, 0.25) is 5.15 Å². The number of rotatable bonds is 3. The van der Waals surface area contributed by atoms with Gasteiger partial charge in [-0.1, -0.05) is 11.6 Å². The van der Waals surface area contributed by atoms with Crippen LogP contribution in [0, 0.1) is 6.92 Å². The topological polar surface area (TPSA) is 73.3 Å². The van der Waals surface area contributed by atoms with E-state index in [4.69, 9.17) is 26.5 Å². The van der Waals surface area contributed by atoms with Crippen LogP contribution in [0.15, 0.2) is 34.3 Å². The Kier molecular flexibility index (Phi) is 6.31. The van der Waals surface area contributed by atoms with Crippen molar-refractivity contribution in [2.75, 3.05) is 18.5 Å². The number of furan rings is 1. The molecule has 1 atom stereocenters. The number of nitrogens with two attached hydrogens (primary N) is 1. The Morgan fingerprint density at radius 1 is 1.48 bits per heavy atom. The monoisotopic (exact) mass is 379 g/mol. The number of aryl methyl sites for hydroxylation is 1. The molecule has 7 heteroatoms. The number of pyridine rings is 1. The van der Waals surface area contributed by atoms with Crippen LogP contribution in [0.3, 0.4) is 0 Å². The molecule has 1 aliphatic rings. The Morgan fingerprint density at radius 3 is 3.00 bits per heavy atom. The summed E-state index contributed by atoms with van der Waals surface area (Å²) in [5.41, 5.74) is 8.63. The van der Waals surface area contributed by atoms with E-state index in [9.17, 15) is 0 Å². The first-order chi connectivity index (χ1) is 12.1. The molecule has 0 aliphatic carbocycles. The van der Waals surface area contributed by atoms with Crippen LogP contribution in [0.5, 0.6) is 0 Å². The van der Waals surface area contributed by atoms with E-state index in [1.54, 1.807) is 17.6 Å². The van der Waals surface area contributed by atoms with Crippen LogP contribution in [0.4, 0.5) is 5.69 Å². The van der Waals surface area contributed by atoms with E-state index in [-0.39, 0.29) is 0 Å². The third-order valence-electron chi connectivity index (χ3n) is 3.90. The van der Waals surface area contributed by atoms with Gasteiger partial charge in [-0.25, -0.2) is 4.98 Å². The van der Waals surface area contributed by atoms with Crippen molar-refractivity contribution < 1.29 is 9.15 Å². The van der Waals surface area contributed by atoms with Gasteiger partial charge < -0.3 is 20.2 Å². The molecule has 4 rings (SSSR count). The lowest BCUT2D eigenvalue weighted by atomic mass is 10.1. The van der Waals surface area contributed by atoms with Gasteiger partial charge in [-0.15, -0.1) is 11.3 Å². The van der Waals surface area contributed by atoms with E-state index < -0.39 is 0 Å². The lowest BCUT2D eigenvalue weighted by molar-refractivity contribution is 0.0822. The fraction of sp³-hybridized carbons (Fsp3) is 0.389. The van der Waals surface area contributed by atoms with E-state index in [0.29, 0.717) is 17.7 Å². The smallest absolute Gasteiger partial charge is 0.131 e. The fourth-order valence-corrected chi connectivity index (χ4v) is 3.76. The van der Waals surface area contributed by atoms with Gasteiger partial charge in [-0.3, -0.25) is 0 Å². The predicted octanol–water partition coefficient (Wildman–Crippen LogP) is 4.59. The quantitative estimate of drug-likeness (QED) is 0.651. The standard InChI is InChI=1S/C13H11ClN2OS.C5H11NO/c1-8-7-18-13-10(5-11(14)16-12(8)13)15-6-9-3-2-4-17-9;6-5-2-1-3-7-4-5/h2-5,7H,6H2,1H3,(H,15,16);5H,1-4,6H2. The maximum absolute atomic E-state index is 6.04. The van der Waals surface area contributed by atoms with E-state index in [1.165, 1.54) is 0 Å². The first kappa shape index (κ1) is 18.2. The first-order valence-electron chi connectivity index (χ1n) is 8.27. The molecule has 4 heterocycles. The number of thiophene rings is 1. The number of fused-ring (bicyclic) bond motifs is 1. The number of nitrogens with zero attached hydrogens (tertiary/aromatic N) is 1. The van der Waals surface area contributed by atoms with Gasteiger partial charge in [0.05, 0.1) is 35.3 Å². The van der Waals surface area contributed by atoms with Crippen molar-refractivity contribution >= 4 is 38.8 Å². The van der Waals surface area contributed by atoms with Gasteiger partial charge >= 0.3 is 0 Å². The van der Waals surface area contributed by atoms with Crippen LogP contribution in [-0.4, -0.2) is 24.2 Å². The summed E-state index contributed by atoms with van der Waals surface area (Å²) in [5, 5.41) is 5.93. The minimum atomic E-state index is 0.314. The minimum Gasteiger partial charge on any atom is -0.467 e. The summed E-state index contributed by atoms with van der Waals surface area (Å²) in [6.07, 6.45) is 3.95. The third-order valence-corrected chi connectivity index (χ3v) is 5.21. The average Bonchev–Trinajstić information content (AvgIpc) is 3.25. The Morgan fingerprint density at radius 2 is 2.36 bits per heavy atom. The molecule has 1 aliphatic heterocycles. The minimum absolute atomic E-state index is 0.314. The normalized spacial score (nSPS) is 17.2. The molecule has 25 heavy (non-hydrogen) atoms. The average molecular weight is 380 g/mol. The zero-order valence-corrected chi connectivity index (χ0v) is 15.7. The lowest BCUT2D eigenvalue weighted by Gasteiger charge is -2.16. The van der Waals surface area contributed by atoms with Gasteiger partial charge in [0.25, 0.3) is 0 Å². The van der Waals surface area contributed by atoms with Crippen molar-refractivity contribution in [3.05, 3.63) is 46.3 Å². The highest BCUT2D eigenvalue weighted by atomic mass is 35.5. The molecule has 5 nitrogen and oxygen atoms in total.